The molecule has 0 bridgehead atoms. The lowest BCUT2D eigenvalue weighted by Crippen LogP contribution is -2.04. The first-order valence-electron chi connectivity index (χ1n) is 8.25. The van der Waals surface area contributed by atoms with Crippen molar-refractivity contribution >= 4 is 34.7 Å². The zero-order chi connectivity index (χ0) is 18.7. The molecule has 1 heterocycles. The Kier molecular flexibility index (Phi) is 5.28. The second-order valence-corrected chi connectivity index (χ2v) is 6.57. The predicted molar refractivity (Wildman–Crippen MR) is 107 cm³/mol. The monoisotopic (exact) mass is 368 g/mol. The van der Waals surface area contributed by atoms with E-state index in [0.29, 0.717) is 16.8 Å². The van der Waals surface area contributed by atoms with E-state index in [9.17, 15) is 0 Å². The maximum Gasteiger partial charge on any atom is 0.229 e. The van der Waals surface area contributed by atoms with Gasteiger partial charge in [0.2, 0.25) is 5.95 Å². The molecule has 2 aromatic carbocycles. The molecule has 0 aliphatic carbocycles. The van der Waals surface area contributed by atoms with E-state index in [0.717, 1.165) is 33.9 Å². The van der Waals surface area contributed by atoms with Crippen molar-refractivity contribution in [3.8, 4) is 5.75 Å². The Hall–Kier alpha value is -2.79. The maximum absolute atomic E-state index is 6.03. The summed E-state index contributed by atoms with van der Waals surface area (Å²) in [5.74, 6) is 1.95. The number of nitrogens with one attached hydrogen (secondary N) is 2. The molecular formula is C20H21ClN4O. The van der Waals surface area contributed by atoms with Crippen molar-refractivity contribution in [3.63, 3.8) is 0 Å². The molecule has 134 valence electrons. The summed E-state index contributed by atoms with van der Waals surface area (Å²) < 4.78 is 5.41. The summed E-state index contributed by atoms with van der Waals surface area (Å²) in [6.45, 7) is 5.96. The highest BCUT2D eigenvalue weighted by Gasteiger charge is 2.08. The van der Waals surface area contributed by atoms with Gasteiger partial charge in [-0.2, -0.15) is 4.98 Å². The number of methoxy groups -OCH3 is 1. The van der Waals surface area contributed by atoms with Crippen molar-refractivity contribution in [3.05, 3.63) is 64.3 Å². The van der Waals surface area contributed by atoms with Crippen molar-refractivity contribution in [1.82, 2.24) is 9.97 Å². The van der Waals surface area contributed by atoms with E-state index in [1.807, 2.05) is 63.2 Å². The lowest BCUT2D eigenvalue weighted by Gasteiger charge is -2.14. The van der Waals surface area contributed by atoms with Crippen molar-refractivity contribution in [2.45, 2.75) is 20.8 Å². The van der Waals surface area contributed by atoms with Crippen molar-refractivity contribution in [2.24, 2.45) is 0 Å². The van der Waals surface area contributed by atoms with Crippen LogP contribution in [0.5, 0.6) is 5.75 Å². The quantitative estimate of drug-likeness (QED) is 0.618. The minimum atomic E-state index is 0.503. The van der Waals surface area contributed by atoms with Crippen molar-refractivity contribution < 1.29 is 4.74 Å². The van der Waals surface area contributed by atoms with E-state index in [1.54, 1.807) is 7.11 Å². The first-order valence-corrected chi connectivity index (χ1v) is 8.63. The van der Waals surface area contributed by atoms with Gasteiger partial charge in [-0.15, -0.1) is 0 Å². The fourth-order valence-corrected chi connectivity index (χ4v) is 2.86. The topological polar surface area (TPSA) is 59.1 Å². The Morgan fingerprint density at radius 3 is 2.42 bits per heavy atom. The number of halogens is 1. The van der Waals surface area contributed by atoms with Crippen LogP contribution in [0.3, 0.4) is 0 Å². The Labute approximate surface area is 158 Å². The highest BCUT2D eigenvalue weighted by Crippen LogP contribution is 2.28. The van der Waals surface area contributed by atoms with E-state index in [-0.39, 0.29) is 0 Å². The molecule has 0 saturated heterocycles. The Bertz CT molecular complexity index is 943. The zero-order valence-electron chi connectivity index (χ0n) is 15.2. The van der Waals surface area contributed by atoms with Crippen molar-refractivity contribution in [1.29, 1.82) is 0 Å². The van der Waals surface area contributed by atoms with Gasteiger partial charge in [0, 0.05) is 22.5 Å². The van der Waals surface area contributed by atoms with Gasteiger partial charge in [0.15, 0.2) is 0 Å². The summed E-state index contributed by atoms with van der Waals surface area (Å²) in [5, 5.41) is 7.28. The molecule has 2 N–H and O–H groups in total. The lowest BCUT2D eigenvalue weighted by molar-refractivity contribution is 0.416. The first-order chi connectivity index (χ1) is 12.4. The molecule has 0 aliphatic rings. The van der Waals surface area contributed by atoms with Gasteiger partial charge in [-0.3, -0.25) is 0 Å². The number of anilines is 4. The van der Waals surface area contributed by atoms with E-state index in [1.165, 1.54) is 0 Å². The molecule has 3 aromatic rings. The number of aryl methyl sites for hydroxylation is 3. The van der Waals surface area contributed by atoms with E-state index in [4.69, 9.17) is 16.3 Å². The molecule has 0 amide bonds. The van der Waals surface area contributed by atoms with Gasteiger partial charge in [-0.05, 0) is 62.2 Å². The predicted octanol–water partition coefficient (Wildman–Crippen LogP) is 5.55. The number of rotatable bonds is 5. The summed E-state index contributed by atoms with van der Waals surface area (Å²) in [5.41, 5.74) is 4.79. The van der Waals surface area contributed by atoms with Crippen LogP contribution in [0.15, 0.2) is 42.5 Å². The summed E-state index contributed by atoms with van der Waals surface area (Å²) in [6, 6.07) is 13.5. The van der Waals surface area contributed by atoms with Crippen LogP contribution in [0.4, 0.5) is 23.1 Å². The molecule has 5 nitrogen and oxygen atoms in total. The third-order valence-electron chi connectivity index (χ3n) is 3.91. The van der Waals surface area contributed by atoms with Crippen LogP contribution in [0.1, 0.15) is 16.8 Å². The van der Waals surface area contributed by atoms with Crippen LogP contribution >= 0.6 is 11.6 Å². The van der Waals surface area contributed by atoms with Crippen molar-refractivity contribution in [2.75, 3.05) is 17.7 Å². The second kappa shape index (κ2) is 7.62. The number of aromatic nitrogens is 2. The Morgan fingerprint density at radius 1 is 0.885 bits per heavy atom. The zero-order valence-corrected chi connectivity index (χ0v) is 16.0. The molecule has 0 fully saturated rings. The highest BCUT2D eigenvalue weighted by atomic mass is 35.5. The molecule has 26 heavy (non-hydrogen) atoms. The lowest BCUT2D eigenvalue weighted by atomic mass is 10.2. The molecule has 0 atom stereocenters. The minimum absolute atomic E-state index is 0.503. The second-order valence-electron chi connectivity index (χ2n) is 6.13. The summed E-state index contributed by atoms with van der Waals surface area (Å²) in [7, 11) is 1.64. The normalized spacial score (nSPS) is 10.5. The van der Waals surface area contributed by atoms with Crippen LogP contribution < -0.4 is 15.4 Å². The molecule has 0 aliphatic heterocycles. The van der Waals surface area contributed by atoms with Gasteiger partial charge in [0.05, 0.1) is 12.8 Å². The highest BCUT2D eigenvalue weighted by molar-refractivity contribution is 6.30. The van der Waals surface area contributed by atoms with Gasteiger partial charge < -0.3 is 15.4 Å². The molecule has 0 radical (unpaired) electrons. The van der Waals surface area contributed by atoms with Crippen LogP contribution in [0.2, 0.25) is 5.02 Å². The van der Waals surface area contributed by atoms with Gasteiger partial charge in [0.25, 0.3) is 0 Å². The third-order valence-corrected chi connectivity index (χ3v) is 4.14. The average Bonchev–Trinajstić information content (AvgIpc) is 2.57. The molecule has 3 rings (SSSR count). The SMILES string of the molecule is COc1ccc(C)cc1Nc1nc(C)cc(Nc2ccc(Cl)cc2C)n1. The minimum Gasteiger partial charge on any atom is -0.495 e. The van der Waals surface area contributed by atoms with Crippen LogP contribution in [0.25, 0.3) is 0 Å². The number of nitrogens with zero attached hydrogens (tertiary/aromatic N) is 2. The van der Waals surface area contributed by atoms with E-state index in [2.05, 4.69) is 20.6 Å². The van der Waals surface area contributed by atoms with Crippen LogP contribution in [-0.2, 0) is 0 Å². The molecule has 0 unspecified atom stereocenters. The average molecular weight is 369 g/mol. The van der Waals surface area contributed by atoms with Crippen LogP contribution in [0, 0.1) is 20.8 Å². The molecule has 1 aromatic heterocycles. The number of hydrogen-bond acceptors (Lipinski definition) is 5. The Balaban J connectivity index is 1.89. The summed E-state index contributed by atoms with van der Waals surface area (Å²) in [4.78, 5) is 9.04. The third kappa shape index (κ3) is 4.24. The number of ether oxygens (including phenoxy) is 1. The van der Waals surface area contributed by atoms with Gasteiger partial charge in [-0.1, -0.05) is 17.7 Å². The molecular weight excluding hydrogens is 348 g/mol. The van der Waals surface area contributed by atoms with E-state index < -0.39 is 0 Å². The smallest absolute Gasteiger partial charge is 0.229 e. The number of benzene rings is 2. The Morgan fingerprint density at radius 2 is 1.69 bits per heavy atom. The summed E-state index contributed by atoms with van der Waals surface area (Å²) in [6.07, 6.45) is 0. The van der Waals surface area contributed by atoms with Gasteiger partial charge in [-0.25, -0.2) is 4.98 Å². The van der Waals surface area contributed by atoms with Crippen LogP contribution in [-0.4, -0.2) is 17.1 Å². The first kappa shape index (κ1) is 18.0. The van der Waals surface area contributed by atoms with E-state index >= 15 is 0 Å². The number of hydrogen-bond donors (Lipinski definition) is 2. The summed E-state index contributed by atoms with van der Waals surface area (Å²) >= 11 is 6.03. The molecule has 0 saturated carbocycles. The standard InChI is InChI=1S/C20H21ClN4O/c1-12-5-8-18(26-4)17(9-12)24-20-22-14(3)11-19(25-20)23-16-7-6-15(21)10-13(16)2/h5-11H,1-4H3,(H2,22,23,24,25). The largest absolute Gasteiger partial charge is 0.495 e. The fourth-order valence-electron chi connectivity index (χ4n) is 2.63. The van der Waals surface area contributed by atoms with Gasteiger partial charge >= 0.3 is 0 Å². The molecule has 0 spiro atoms. The fraction of sp³-hybridized carbons (Fsp3) is 0.200. The maximum atomic E-state index is 6.03. The van der Waals surface area contributed by atoms with Gasteiger partial charge in [0.1, 0.15) is 11.6 Å². The molecule has 6 heteroatoms.